The van der Waals surface area contributed by atoms with Crippen LogP contribution in [0.4, 0.5) is 0 Å². The van der Waals surface area contributed by atoms with Gasteiger partial charge in [0, 0.05) is 24.7 Å². The molecular weight excluding hydrogens is 300 g/mol. The van der Waals surface area contributed by atoms with E-state index in [2.05, 4.69) is 4.72 Å². The van der Waals surface area contributed by atoms with E-state index in [9.17, 15) is 13.2 Å². The van der Waals surface area contributed by atoms with Gasteiger partial charge in [-0.05, 0) is 43.9 Å². The number of carbonyl (C=O) groups excluding carboxylic acids is 1. The monoisotopic (exact) mass is 324 g/mol. The minimum absolute atomic E-state index is 0.0565. The molecular formula is C16H24N2O3S. The topological polar surface area (TPSA) is 66.5 Å². The van der Waals surface area contributed by atoms with E-state index < -0.39 is 10.0 Å². The zero-order chi connectivity index (χ0) is 16.2. The third kappa shape index (κ3) is 4.30. The Morgan fingerprint density at radius 1 is 1.23 bits per heavy atom. The van der Waals surface area contributed by atoms with Crippen molar-refractivity contribution in [1.29, 1.82) is 0 Å². The van der Waals surface area contributed by atoms with Crippen molar-refractivity contribution in [3.8, 4) is 0 Å². The van der Waals surface area contributed by atoms with Gasteiger partial charge in [0.15, 0.2) is 0 Å². The summed E-state index contributed by atoms with van der Waals surface area (Å²) in [5, 5.41) is 0. The predicted octanol–water partition coefficient (Wildman–Crippen LogP) is 2.39. The van der Waals surface area contributed by atoms with Gasteiger partial charge in [0.05, 0.1) is 4.90 Å². The molecule has 5 nitrogen and oxygen atoms in total. The summed E-state index contributed by atoms with van der Waals surface area (Å²) in [6.45, 7) is 5.42. The summed E-state index contributed by atoms with van der Waals surface area (Å²) in [6, 6.07) is 6.37. The minimum Gasteiger partial charge on any atom is -0.339 e. The first kappa shape index (κ1) is 17.0. The van der Waals surface area contributed by atoms with E-state index in [1.165, 1.54) is 12.1 Å². The zero-order valence-electron chi connectivity index (χ0n) is 13.2. The van der Waals surface area contributed by atoms with Crippen LogP contribution in [0.2, 0.25) is 0 Å². The molecule has 1 aliphatic carbocycles. The van der Waals surface area contributed by atoms with Crippen LogP contribution in [0.3, 0.4) is 0 Å². The van der Waals surface area contributed by atoms with Gasteiger partial charge >= 0.3 is 0 Å². The van der Waals surface area contributed by atoms with Crippen LogP contribution in [0.1, 0.15) is 49.9 Å². The van der Waals surface area contributed by atoms with Crippen molar-refractivity contribution in [2.45, 2.75) is 50.5 Å². The van der Waals surface area contributed by atoms with Gasteiger partial charge in [0.1, 0.15) is 0 Å². The summed E-state index contributed by atoms with van der Waals surface area (Å²) in [6.07, 6.45) is 3.54. The Morgan fingerprint density at radius 3 is 2.41 bits per heavy atom. The molecule has 1 amide bonds. The van der Waals surface area contributed by atoms with Crippen LogP contribution in [0.5, 0.6) is 0 Å². The van der Waals surface area contributed by atoms with Crippen molar-refractivity contribution < 1.29 is 13.2 Å². The van der Waals surface area contributed by atoms with Crippen molar-refractivity contribution in [2.24, 2.45) is 0 Å². The van der Waals surface area contributed by atoms with Gasteiger partial charge < -0.3 is 4.90 Å². The molecule has 0 radical (unpaired) electrons. The van der Waals surface area contributed by atoms with E-state index in [1.54, 1.807) is 17.0 Å². The largest absolute Gasteiger partial charge is 0.339 e. The highest BCUT2D eigenvalue weighted by Crippen LogP contribution is 2.22. The Hall–Kier alpha value is -1.40. The van der Waals surface area contributed by atoms with E-state index in [4.69, 9.17) is 0 Å². The van der Waals surface area contributed by atoms with Crippen LogP contribution in [0.15, 0.2) is 29.2 Å². The molecule has 0 atom stereocenters. The summed E-state index contributed by atoms with van der Waals surface area (Å²) < 4.78 is 27.1. The first-order chi connectivity index (χ1) is 10.5. The van der Waals surface area contributed by atoms with Crippen molar-refractivity contribution >= 4 is 15.9 Å². The van der Waals surface area contributed by atoms with Crippen LogP contribution in [-0.2, 0) is 10.0 Å². The molecule has 0 saturated heterocycles. The highest BCUT2D eigenvalue weighted by molar-refractivity contribution is 7.89. The summed E-state index contributed by atoms with van der Waals surface area (Å²) in [5.74, 6) is -0.104. The predicted molar refractivity (Wildman–Crippen MR) is 86.3 cm³/mol. The smallest absolute Gasteiger partial charge is 0.253 e. The van der Waals surface area contributed by atoms with Gasteiger partial charge in [0.25, 0.3) is 5.91 Å². The number of carbonyl (C=O) groups is 1. The van der Waals surface area contributed by atoms with Crippen LogP contribution >= 0.6 is 0 Å². The van der Waals surface area contributed by atoms with E-state index in [-0.39, 0.29) is 16.8 Å². The normalized spacial score (nSPS) is 14.8. The van der Waals surface area contributed by atoms with Gasteiger partial charge in [-0.1, -0.05) is 19.9 Å². The maximum atomic E-state index is 12.5. The third-order valence-electron chi connectivity index (χ3n) is 3.56. The molecule has 1 saturated carbocycles. The summed E-state index contributed by atoms with van der Waals surface area (Å²) in [4.78, 5) is 14.5. The molecule has 1 fully saturated rings. The molecule has 0 unspecified atom stereocenters. The fourth-order valence-corrected chi connectivity index (χ4v) is 3.67. The highest BCUT2D eigenvalue weighted by Gasteiger charge is 2.28. The zero-order valence-corrected chi connectivity index (χ0v) is 14.0. The Kier molecular flexibility index (Phi) is 5.58. The lowest BCUT2D eigenvalue weighted by Crippen LogP contribution is -2.32. The maximum Gasteiger partial charge on any atom is 0.253 e. The molecule has 1 N–H and O–H groups in total. The molecule has 0 heterocycles. The molecule has 1 aromatic carbocycles. The van der Waals surface area contributed by atoms with E-state index in [0.717, 1.165) is 25.7 Å². The summed E-state index contributed by atoms with van der Waals surface area (Å²) in [5.41, 5.74) is 0.431. The number of amides is 1. The first-order valence-electron chi connectivity index (χ1n) is 7.89. The van der Waals surface area contributed by atoms with Gasteiger partial charge in [0.2, 0.25) is 10.0 Å². The molecule has 0 spiro atoms. The van der Waals surface area contributed by atoms with Crippen molar-refractivity contribution in [3.63, 3.8) is 0 Å². The van der Waals surface area contributed by atoms with Gasteiger partial charge in [-0.3, -0.25) is 4.79 Å². The molecule has 0 aromatic heterocycles. The van der Waals surface area contributed by atoms with Crippen molar-refractivity contribution in [3.05, 3.63) is 29.8 Å². The second-order valence-electron chi connectivity index (χ2n) is 5.72. The minimum atomic E-state index is -3.52. The third-order valence-corrected chi connectivity index (χ3v) is 5.08. The number of hydrogen-bond acceptors (Lipinski definition) is 3. The average Bonchev–Trinajstić information content (AvgIpc) is 3.30. The SMILES string of the molecule is CCCN(CCC)C(=O)c1cccc(S(=O)(=O)NC2CC2)c1. The Bertz CT molecular complexity index is 618. The van der Waals surface area contributed by atoms with Gasteiger partial charge in [-0.25, -0.2) is 13.1 Å². The number of rotatable bonds is 8. The lowest BCUT2D eigenvalue weighted by molar-refractivity contribution is 0.0755. The van der Waals surface area contributed by atoms with Crippen LogP contribution in [0, 0.1) is 0 Å². The van der Waals surface area contributed by atoms with Crippen LogP contribution < -0.4 is 4.72 Å². The molecule has 2 rings (SSSR count). The molecule has 0 aliphatic heterocycles. The van der Waals surface area contributed by atoms with Crippen molar-refractivity contribution in [2.75, 3.05) is 13.1 Å². The Labute approximate surface area is 132 Å². The average molecular weight is 324 g/mol. The second kappa shape index (κ2) is 7.24. The first-order valence-corrected chi connectivity index (χ1v) is 9.38. The fraction of sp³-hybridized carbons (Fsp3) is 0.562. The summed E-state index contributed by atoms with van der Waals surface area (Å²) >= 11 is 0. The standard InChI is InChI=1S/C16H24N2O3S/c1-3-10-18(11-4-2)16(19)13-6-5-7-15(12-13)22(20,21)17-14-8-9-14/h5-7,12,14,17H,3-4,8-11H2,1-2H3. The quantitative estimate of drug-likeness (QED) is 0.798. The van der Waals surface area contributed by atoms with Gasteiger partial charge in [-0.2, -0.15) is 0 Å². The highest BCUT2D eigenvalue weighted by atomic mass is 32.2. The van der Waals surface area contributed by atoms with Crippen LogP contribution in [-0.4, -0.2) is 38.4 Å². The lowest BCUT2D eigenvalue weighted by atomic mass is 10.2. The molecule has 122 valence electrons. The number of nitrogens with one attached hydrogen (secondary N) is 1. The molecule has 1 aliphatic rings. The number of sulfonamides is 1. The fourth-order valence-electron chi connectivity index (χ4n) is 2.32. The Balaban J connectivity index is 2.21. The lowest BCUT2D eigenvalue weighted by Gasteiger charge is -2.21. The summed E-state index contributed by atoms with van der Waals surface area (Å²) in [7, 11) is -3.52. The van der Waals surface area contributed by atoms with E-state index in [1.807, 2.05) is 13.8 Å². The number of benzene rings is 1. The molecule has 6 heteroatoms. The Morgan fingerprint density at radius 2 is 1.86 bits per heavy atom. The van der Waals surface area contributed by atoms with Gasteiger partial charge in [-0.15, -0.1) is 0 Å². The molecule has 1 aromatic rings. The van der Waals surface area contributed by atoms with E-state index >= 15 is 0 Å². The maximum absolute atomic E-state index is 12.5. The number of hydrogen-bond donors (Lipinski definition) is 1. The molecule has 22 heavy (non-hydrogen) atoms. The number of nitrogens with zero attached hydrogens (tertiary/aromatic N) is 1. The molecule has 0 bridgehead atoms. The second-order valence-corrected chi connectivity index (χ2v) is 7.43. The van der Waals surface area contributed by atoms with E-state index in [0.29, 0.717) is 18.7 Å². The van der Waals surface area contributed by atoms with Crippen LogP contribution in [0.25, 0.3) is 0 Å². The van der Waals surface area contributed by atoms with Crippen molar-refractivity contribution in [1.82, 2.24) is 9.62 Å².